The van der Waals surface area contributed by atoms with Crippen LogP contribution in [0.25, 0.3) is 0 Å². The molecule has 2 heterocycles. The first-order chi connectivity index (χ1) is 12.4. The summed E-state index contributed by atoms with van der Waals surface area (Å²) in [5.74, 6) is 0. The number of nitro groups is 1. The molecule has 0 spiro atoms. The molecule has 0 bridgehead atoms. The van der Waals surface area contributed by atoms with Crippen LogP contribution in [-0.2, 0) is 16.6 Å². The van der Waals surface area contributed by atoms with Crippen LogP contribution in [0.2, 0.25) is 5.02 Å². The third-order valence-corrected chi connectivity index (χ3v) is 6.40. The molecule has 0 unspecified atom stereocenters. The molecule has 1 aliphatic heterocycles. The van der Waals surface area contributed by atoms with Gasteiger partial charge in [0.1, 0.15) is 0 Å². The van der Waals surface area contributed by atoms with Gasteiger partial charge in [0.2, 0.25) is 10.0 Å². The average Bonchev–Trinajstić information content (AvgIpc) is 2.62. The van der Waals surface area contributed by atoms with Crippen molar-refractivity contribution in [3.63, 3.8) is 0 Å². The molecule has 26 heavy (non-hydrogen) atoms. The molecule has 1 saturated heterocycles. The van der Waals surface area contributed by atoms with Gasteiger partial charge in [-0.15, -0.1) is 0 Å². The summed E-state index contributed by atoms with van der Waals surface area (Å²) >= 11 is 5.77. The topological polar surface area (TPSA) is 96.6 Å². The molecular weight excluding hydrogens is 380 g/mol. The van der Waals surface area contributed by atoms with E-state index in [9.17, 15) is 18.5 Å². The molecule has 138 valence electrons. The molecular formula is C16H17ClN4O4S. The van der Waals surface area contributed by atoms with Gasteiger partial charge in [0.25, 0.3) is 5.69 Å². The molecule has 0 saturated carbocycles. The molecule has 1 aromatic carbocycles. The van der Waals surface area contributed by atoms with Crippen molar-refractivity contribution in [3.05, 3.63) is 63.4 Å². The molecule has 0 N–H and O–H groups in total. The molecule has 0 aliphatic carbocycles. The van der Waals surface area contributed by atoms with E-state index >= 15 is 0 Å². The largest absolute Gasteiger partial charge is 0.296 e. The Morgan fingerprint density at radius 1 is 1.12 bits per heavy atom. The van der Waals surface area contributed by atoms with Gasteiger partial charge in [0.05, 0.1) is 4.92 Å². The van der Waals surface area contributed by atoms with E-state index in [4.69, 9.17) is 11.6 Å². The van der Waals surface area contributed by atoms with Crippen molar-refractivity contribution in [1.29, 1.82) is 0 Å². The molecule has 0 radical (unpaired) electrons. The van der Waals surface area contributed by atoms with Crippen molar-refractivity contribution in [1.82, 2.24) is 14.2 Å². The lowest BCUT2D eigenvalue weighted by molar-refractivity contribution is -0.387. The van der Waals surface area contributed by atoms with Crippen molar-refractivity contribution in [2.24, 2.45) is 0 Å². The minimum absolute atomic E-state index is 0.123. The number of aromatic nitrogens is 1. The summed E-state index contributed by atoms with van der Waals surface area (Å²) in [5.41, 5.74) is 0.598. The molecule has 2 aromatic rings. The van der Waals surface area contributed by atoms with E-state index in [1.807, 2.05) is 12.1 Å². The molecule has 1 fully saturated rings. The summed E-state index contributed by atoms with van der Waals surface area (Å²) in [4.78, 5) is 16.3. The number of rotatable bonds is 5. The van der Waals surface area contributed by atoms with Crippen LogP contribution < -0.4 is 0 Å². The average molecular weight is 397 g/mol. The van der Waals surface area contributed by atoms with Crippen molar-refractivity contribution in [2.75, 3.05) is 26.2 Å². The van der Waals surface area contributed by atoms with Crippen molar-refractivity contribution in [3.8, 4) is 0 Å². The fourth-order valence-corrected chi connectivity index (χ4v) is 4.59. The third kappa shape index (κ3) is 4.01. The van der Waals surface area contributed by atoms with Gasteiger partial charge in [0, 0.05) is 56.2 Å². The number of piperazine rings is 1. The normalized spacial score (nSPS) is 16.5. The highest BCUT2D eigenvalue weighted by molar-refractivity contribution is 7.89. The lowest BCUT2D eigenvalue weighted by Crippen LogP contribution is -2.48. The van der Waals surface area contributed by atoms with Crippen LogP contribution in [-0.4, -0.2) is 53.7 Å². The van der Waals surface area contributed by atoms with E-state index in [-0.39, 0.29) is 23.0 Å². The number of pyridine rings is 1. The minimum atomic E-state index is -3.95. The lowest BCUT2D eigenvalue weighted by atomic mass is 10.2. The van der Waals surface area contributed by atoms with Crippen LogP contribution in [0, 0.1) is 10.1 Å². The van der Waals surface area contributed by atoms with E-state index in [2.05, 4.69) is 9.88 Å². The van der Waals surface area contributed by atoms with Crippen molar-refractivity contribution >= 4 is 27.3 Å². The first kappa shape index (κ1) is 18.7. The zero-order valence-corrected chi connectivity index (χ0v) is 15.4. The molecule has 1 aliphatic rings. The van der Waals surface area contributed by atoms with Gasteiger partial charge in [-0.1, -0.05) is 11.6 Å². The number of hydrogen-bond donors (Lipinski definition) is 0. The number of sulfonamides is 1. The molecule has 1 aromatic heterocycles. The number of halogens is 1. The van der Waals surface area contributed by atoms with E-state index in [0.717, 1.165) is 11.6 Å². The smallest absolute Gasteiger partial charge is 0.290 e. The Morgan fingerprint density at radius 3 is 2.38 bits per heavy atom. The van der Waals surface area contributed by atoms with Gasteiger partial charge in [-0.25, -0.2) is 8.42 Å². The van der Waals surface area contributed by atoms with Crippen LogP contribution in [0.3, 0.4) is 0 Å². The predicted molar refractivity (Wildman–Crippen MR) is 96.4 cm³/mol. The van der Waals surface area contributed by atoms with Crippen LogP contribution in [0.4, 0.5) is 5.69 Å². The van der Waals surface area contributed by atoms with E-state index in [1.165, 1.54) is 16.4 Å². The maximum Gasteiger partial charge on any atom is 0.290 e. The monoisotopic (exact) mass is 396 g/mol. The second kappa shape index (κ2) is 7.67. The number of benzene rings is 1. The van der Waals surface area contributed by atoms with Gasteiger partial charge >= 0.3 is 0 Å². The molecule has 0 amide bonds. The maximum atomic E-state index is 12.8. The van der Waals surface area contributed by atoms with Gasteiger partial charge in [-0.3, -0.25) is 20.0 Å². The van der Waals surface area contributed by atoms with E-state index in [0.29, 0.717) is 19.6 Å². The maximum absolute atomic E-state index is 12.8. The molecule has 8 nitrogen and oxygen atoms in total. The Labute approximate surface area is 156 Å². The summed E-state index contributed by atoms with van der Waals surface area (Å²) in [7, 11) is -3.95. The van der Waals surface area contributed by atoms with Crippen LogP contribution in [0.1, 0.15) is 5.56 Å². The first-order valence-corrected chi connectivity index (χ1v) is 9.75. The molecule has 10 heteroatoms. The zero-order chi connectivity index (χ0) is 18.7. The Hall–Kier alpha value is -2.07. The quantitative estimate of drug-likeness (QED) is 0.567. The van der Waals surface area contributed by atoms with E-state index < -0.39 is 20.6 Å². The van der Waals surface area contributed by atoms with Crippen LogP contribution in [0.15, 0.2) is 47.6 Å². The summed E-state index contributed by atoms with van der Waals surface area (Å²) in [6.07, 6.45) is 3.44. The highest BCUT2D eigenvalue weighted by Crippen LogP contribution is 2.30. The second-order valence-electron chi connectivity index (χ2n) is 5.90. The second-order valence-corrected chi connectivity index (χ2v) is 8.25. The number of nitrogens with zero attached hydrogens (tertiary/aromatic N) is 4. The minimum Gasteiger partial charge on any atom is -0.296 e. The Kier molecular flexibility index (Phi) is 5.52. The Balaban J connectivity index is 1.73. The Bertz CT molecular complexity index is 900. The van der Waals surface area contributed by atoms with E-state index in [1.54, 1.807) is 12.4 Å². The Morgan fingerprint density at radius 2 is 1.77 bits per heavy atom. The highest BCUT2D eigenvalue weighted by atomic mass is 35.5. The fraction of sp³-hybridized carbons (Fsp3) is 0.312. The summed E-state index contributed by atoms with van der Waals surface area (Å²) in [5, 5.41) is 11.3. The first-order valence-electron chi connectivity index (χ1n) is 7.93. The van der Waals surface area contributed by atoms with Crippen molar-refractivity contribution < 1.29 is 13.3 Å². The van der Waals surface area contributed by atoms with Crippen LogP contribution >= 0.6 is 11.6 Å². The molecule has 3 rings (SSSR count). The van der Waals surface area contributed by atoms with Gasteiger partial charge in [-0.2, -0.15) is 4.31 Å². The fourth-order valence-electron chi connectivity index (χ4n) is 2.86. The van der Waals surface area contributed by atoms with Gasteiger partial charge in [0.15, 0.2) is 4.90 Å². The van der Waals surface area contributed by atoms with Gasteiger partial charge in [-0.05, 0) is 29.8 Å². The number of nitro benzene ring substituents is 1. The van der Waals surface area contributed by atoms with Crippen molar-refractivity contribution in [2.45, 2.75) is 11.4 Å². The SMILES string of the molecule is O=[N+]([O-])c1cc(Cl)ccc1S(=O)(=O)N1CCN(Cc2ccncc2)CC1. The lowest BCUT2D eigenvalue weighted by Gasteiger charge is -2.33. The third-order valence-electron chi connectivity index (χ3n) is 4.22. The predicted octanol–water partition coefficient (Wildman–Crippen LogP) is 2.15. The van der Waals surface area contributed by atoms with Gasteiger partial charge < -0.3 is 0 Å². The molecule has 0 atom stereocenters. The van der Waals surface area contributed by atoms with Crippen LogP contribution in [0.5, 0.6) is 0 Å². The number of hydrogen-bond acceptors (Lipinski definition) is 6. The zero-order valence-electron chi connectivity index (χ0n) is 13.8. The highest BCUT2D eigenvalue weighted by Gasteiger charge is 2.33. The summed E-state index contributed by atoms with van der Waals surface area (Å²) in [6.45, 7) is 2.34. The standard InChI is InChI=1S/C16H17ClN4O4S/c17-14-1-2-16(15(11-14)21(22)23)26(24,25)20-9-7-19(8-10-20)12-13-3-5-18-6-4-13/h1-6,11H,7-10,12H2. The summed E-state index contributed by atoms with van der Waals surface area (Å²) < 4.78 is 27.0. The summed E-state index contributed by atoms with van der Waals surface area (Å²) in [6, 6.07) is 7.44.